The van der Waals surface area contributed by atoms with Gasteiger partial charge < -0.3 is 20.1 Å². The number of carbonyl (C=O) groups is 2. The van der Waals surface area contributed by atoms with Gasteiger partial charge in [0.05, 0.1) is 12.2 Å². The summed E-state index contributed by atoms with van der Waals surface area (Å²) in [6.45, 7) is 6.77. The van der Waals surface area contributed by atoms with E-state index in [0.29, 0.717) is 23.7 Å². The van der Waals surface area contributed by atoms with Crippen molar-refractivity contribution >= 4 is 28.2 Å². The Kier molecular flexibility index (Phi) is 7.50. The molecule has 0 fully saturated rings. The fraction of sp³-hybridized carbons (Fsp3) is 0.478. The molecule has 0 radical (unpaired) electrons. The van der Waals surface area contributed by atoms with Gasteiger partial charge >= 0.3 is 0 Å². The molecule has 7 heteroatoms. The molecule has 1 aromatic heterocycles. The number of fused-ring (bicyclic) bond motifs is 1. The number of anilines is 1. The van der Waals surface area contributed by atoms with E-state index in [9.17, 15) is 9.59 Å². The molecule has 6 nitrogen and oxygen atoms in total. The van der Waals surface area contributed by atoms with Gasteiger partial charge in [-0.2, -0.15) is 0 Å². The van der Waals surface area contributed by atoms with E-state index in [1.807, 2.05) is 32.9 Å². The number of methoxy groups -OCH3 is 1. The zero-order valence-electron chi connectivity index (χ0n) is 18.1. The van der Waals surface area contributed by atoms with Gasteiger partial charge in [-0.05, 0) is 63.1 Å². The highest BCUT2D eigenvalue weighted by atomic mass is 32.1. The standard InChI is InChI=1S/C23H30N2O4S/c1-14-11-15(2)21(16(3)12-14)29-13-19(26)25-23-20(22(27)24-9-10-28-4)17-7-5-6-8-18(17)30-23/h11-12H,5-10,13H2,1-4H3,(H,24,27)(H,25,26). The first-order valence-corrected chi connectivity index (χ1v) is 11.1. The van der Waals surface area contributed by atoms with Crippen LogP contribution < -0.4 is 15.4 Å². The lowest BCUT2D eigenvalue weighted by atomic mass is 9.95. The maximum absolute atomic E-state index is 12.8. The molecule has 2 aromatic rings. The summed E-state index contributed by atoms with van der Waals surface area (Å²) in [7, 11) is 1.60. The van der Waals surface area contributed by atoms with Crippen molar-refractivity contribution < 1.29 is 19.1 Å². The molecule has 1 aliphatic carbocycles. The first-order valence-electron chi connectivity index (χ1n) is 10.3. The highest BCUT2D eigenvalue weighted by Gasteiger charge is 2.26. The lowest BCUT2D eigenvalue weighted by Crippen LogP contribution is -2.29. The Bertz CT molecular complexity index is 913. The lowest BCUT2D eigenvalue weighted by Gasteiger charge is -2.14. The van der Waals surface area contributed by atoms with Crippen LogP contribution in [-0.4, -0.2) is 38.7 Å². The number of benzene rings is 1. The fourth-order valence-electron chi connectivity index (χ4n) is 3.94. The second-order valence-electron chi connectivity index (χ2n) is 7.73. The van der Waals surface area contributed by atoms with Gasteiger partial charge in [-0.15, -0.1) is 11.3 Å². The van der Waals surface area contributed by atoms with Crippen molar-refractivity contribution in [1.29, 1.82) is 0 Å². The highest BCUT2D eigenvalue weighted by molar-refractivity contribution is 7.17. The third-order valence-corrected chi connectivity index (χ3v) is 6.40. The molecule has 3 rings (SSSR count). The van der Waals surface area contributed by atoms with Crippen LogP contribution in [0.4, 0.5) is 5.00 Å². The molecule has 2 amide bonds. The second-order valence-corrected chi connectivity index (χ2v) is 8.83. The van der Waals surface area contributed by atoms with Crippen LogP contribution in [0.15, 0.2) is 12.1 Å². The van der Waals surface area contributed by atoms with Crippen LogP contribution in [0.5, 0.6) is 5.75 Å². The molecule has 0 unspecified atom stereocenters. The molecule has 1 aromatic carbocycles. The monoisotopic (exact) mass is 430 g/mol. The summed E-state index contributed by atoms with van der Waals surface area (Å²) < 4.78 is 10.8. The van der Waals surface area contributed by atoms with E-state index in [0.717, 1.165) is 53.7 Å². The molecular weight excluding hydrogens is 400 g/mol. The number of ether oxygens (including phenoxy) is 2. The zero-order valence-corrected chi connectivity index (χ0v) is 19.0. The van der Waals surface area contributed by atoms with Crippen molar-refractivity contribution in [2.45, 2.75) is 46.5 Å². The van der Waals surface area contributed by atoms with Gasteiger partial charge in [-0.25, -0.2) is 0 Å². The van der Waals surface area contributed by atoms with Crippen molar-refractivity contribution in [2.75, 3.05) is 32.2 Å². The first kappa shape index (κ1) is 22.3. The Balaban J connectivity index is 1.73. The quantitative estimate of drug-likeness (QED) is 0.622. The maximum Gasteiger partial charge on any atom is 0.262 e. The average molecular weight is 431 g/mol. The number of hydrogen-bond donors (Lipinski definition) is 2. The first-order chi connectivity index (χ1) is 14.4. The summed E-state index contributed by atoms with van der Waals surface area (Å²) in [5.74, 6) is 0.311. The summed E-state index contributed by atoms with van der Waals surface area (Å²) >= 11 is 1.51. The van der Waals surface area contributed by atoms with Gasteiger partial charge in [-0.3, -0.25) is 9.59 Å². The summed E-state index contributed by atoms with van der Waals surface area (Å²) in [6, 6.07) is 4.08. The number of aryl methyl sites for hydroxylation is 4. The van der Waals surface area contributed by atoms with Crippen LogP contribution in [0.1, 0.15) is 50.3 Å². The fourth-order valence-corrected chi connectivity index (χ4v) is 5.25. The Morgan fingerprint density at radius 2 is 1.80 bits per heavy atom. The third kappa shape index (κ3) is 5.21. The molecule has 0 saturated heterocycles. The molecule has 30 heavy (non-hydrogen) atoms. The number of amides is 2. The van der Waals surface area contributed by atoms with Crippen LogP contribution >= 0.6 is 11.3 Å². The van der Waals surface area contributed by atoms with Crippen LogP contribution in [0.3, 0.4) is 0 Å². The van der Waals surface area contributed by atoms with Gasteiger partial charge in [0.15, 0.2) is 6.61 Å². The van der Waals surface area contributed by atoms with E-state index in [1.165, 1.54) is 16.2 Å². The molecule has 2 N–H and O–H groups in total. The van der Waals surface area contributed by atoms with E-state index < -0.39 is 0 Å². The molecule has 0 saturated carbocycles. The molecule has 0 aliphatic heterocycles. The van der Waals surface area contributed by atoms with Gasteiger partial charge in [0.2, 0.25) is 0 Å². The molecule has 1 aliphatic rings. The predicted molar refractivity (Wildman–Crippen MR) is 120 cm³/mol. The lowest BCUT2D eigenvalue weighted by molar-refractivity contribution is -0.118. The zero-order chi connectivity index (χ0) is 21.7. The minimum atomic E-state index is -0.265. The SMILES string of the molecule is COCCNC(=O)c1c(NC(=O)COc2c(C)cc(C)cc2C)sc2c1CCCC2. The van der Waals surface area contributed by atoms with Gasteiger partial charge in [0.1, 0.15) is 10.8 Å². The summed E-state index contributed by atoms with van der Waals surface area (Å²) in [4.78, 5) is 26.6. The summed E-state index contributed by atoms with van der Waals surface area (Å²) in [5.41, 5.74) is 4.84. The number of thiophene rings is 1. The smallest absolute Gasteiger partial charge is 0.262 e. The maximum atomic E-state index is 12.8. The molecule has 1 heterocycles. The second kappa shape index (κ2) is 10.1. The normalized spacial score (nSPS) is 12.9. The van der Waals surface area contributed by atoms with E-state index in [2.05, 4.69) is 10.6 Å². The summed E-state index contributed by atoms with van der Waals surface area (Å²) in [6.07, 6.45) is 3.99. The van der Waals surface area contributed by atoms with Gasteiger partial charge in [-0.1, -0.05) is 17.7 Å². The van der Waals surface area contributed by atoms with E-state index >= 15 is 0 Å². The van der Waals surface area contributed by atoms with Crippen molar-refractivity contribution in [3.63, 3.8) is 0 Å². The topological polar surface area (TPSA) is 76.7 Å². The molecule has 0 atom stereocenters. The number of carbonyl (C=O) groups excluding carboxylic acids is 2. The Hall–Kier alpha value is -2.38. The van der Waals surface area contributed by atoms with Crippen LogP contribution in [0, 0.1) is 20.8 Å². The highest BCUT2D eigenvalue weighted by Crippen LogP contribution is 2.38. The average Bonchev–Trinajstić information content (AvgIpc) is 3.05. The Morgan fingerprint density at radius 1 is 1.10 bits per heavy atom. The van der Waals surface area contributed by atoms with Crippen molar-refractivity contribution in [1.82, 2.24) is 5.32 Å². The Morgan fingerprint density at radius 3 is 2.50 bits per heavy atom. The largest absolute Gasteiger partial charge is 0.483 e. The van der Waals surface area contributed by atoms with Gasteiger partial charge in [0, 0.05) is 18.5 Å². The van der Waals surface area contributed by atoms with E-state index in [-0.39, 0.29) is 18.4 Å². The molecular formula is C23H30N2O4S. The van der Waals surface area contributed by atoms with E-state index in [1.54, 1.807) is 7.11 Å². The number of hydrogen-bond acceptors (Lipinski definition) is 5. The third-order valence-electron chi connectivity index (χ3n) is 5.20. The molecule has 0 spiro atoms. The van der Waals surface area contributed by atoms with Gasteiger partial charge in [0.25, 0.3) is 11.8 Å². The van der Waals surface area contributed by atoms with Crippen LogP contribution in [0.2, 0.25) is 0 Å². The van der Waals surface area contributed by atoms with Crippen LogP contribution in [-0.2, 0) is 22.4 Å². The van der Waals surface area contributed by atoms with E-state index in [4.69, 9.17) is 9.47 Å². The molecule has 0 bridgehead atoms. The molecule has 162 valence electrons. The number of nitrogens with one attached hydrogen (secondary N) is 2. The summed E-state index contributed by atoms with van der Waals surface area (Å²) in [5, 5.41) is 6.42. The van der Waals surface area contributed by atoms with Crippen molar-refractivity contribution in [2.24, 2.45) is 0 Å². The van der Waals surface area contributed by atoms with Crippen molar-refractivity contribution in [3.05, 3.63) is 44.8 Å². The Labute approximate surface area is 182 Å². The minimum absolute atomic E-state index is 0.0992. The number of rotatable bonds is 8. The predicted octanol–water partition coefficient (Wildman–Crippen LogP) is 3.95. The van der Waals surface area contributed by atoms with Crippen LogP contribution in [0.25, 0.3) is 0 Å². The van der Waals surface area contributed by atoms with Crippen molar-refractivity contribution in [3.8, 4) is 5.75 Å². The minimum Gasteiger partial charge on any atom is -0.483 e.